The maximum atomic E-state index is 12.1. The minimum absolute atomic E-state index is 0.172. The van der Waals surface area contributed by atoms with E-state index in [-0.39, 0.29) is 18.2 Å². The van der Waals surface area contributed by atoms with E-state index >= 15 is 0 Å². The third kappa shape index (κ3) is 6.04. The van der Waals surface area contributed by atoms with Gasteiger partial charge >= 0.3 is 5.97 Å². The zero-order valence-electron chi connectivity index (χ0n) is 15.7. The van der Waals surface area contributed by atoms with Crippen LogP contribution in [0, 0.1) is 0 Å². The lowest BCUT2D eigenvalue weighted by atomic mass is 10.1. The average molecular weight is 431 g/mol. The van der Waals surface area contributed by atoms with Crippen LogP contribution in [-0.2, 0) is 16.0 Å². The molecule has 0 aliphatic heterocycles. The average Bonchev–Trinajstić information content (AvgIpc) is 3.23. The first-order valence-electron chi connectivity index (χ1n) is 8.83. The number of amides is 1. The van der Waals surface area contributed by atoms with Gasteiger partial charge in [0, 0.05) is 22.5 Å². The summed E-state index contributed by atoms with van der Waals surface area (Å²) in [6.45, 7) is 0.0926. The number of ether oxygens (including phenoxy) is 2. The predicted octanol–water partition coefficient (Wildman–Crippen LogP) is 3.99. The second-order valence-electron chi connectivity index (χ2n) is 6.07. The van der Waals surface area contributed by atoms with E-state index in [1.54, 1.807) is 24.6 Å². The van der Waals surface area contributed by atoms with Gasteiger partial charge in [0.05, 0.1) is 7.11 Å². The number of halogens is 1. The summed E-state index contributed by atoms with van der Waals surface area (Å²) >= 11 is 7.20. The van der Waals surface area contributed by atoms with Crippen LogP contribution in [0.4, 0.5) is 0 Å². The molecule has 0 atom stereocenters. The molecule has 2 aromatic carbocycles. The number of hydrogen-bond acceptors (Lipinski definition) is 6. The number of rotatable bonds is 8. The van der Waals surface area contributed by atoms with Crippen LogP contribution >= 0.6 is 22.9 Å². The fourth-order valence-electron chi connectivity index (χ4n) is 2.49. The zero-order valence-corrected chi connectivity index (χ0v) is 17.3. The Hall–Kier alpha value is -2.90. The Balaban J connectivity index is 1.42. The Labute approximate surface area is 177 Å². The van der Waals surface area contributed by atoms with Crippen molar-refractivity contribution in [1.29, 1.82) is 0 Å². The number of esters is 1. The number of benzene rings is 2. The Morgan fingerprint density at radius 2 is 1.83 bits per heavy atom. The summed E-state index contributed by atoms with van der Waals surface area (Å²) in [6, 6.07) is 14.8. The summed E-state index contributed by atoms with van der Waals surface area (Å²) in [6.07, 6.45) is 0.667. The molecule has 3 aromatic rings. The molecule has 0 spiro atoms. The maximum Gasteiger partial charge on any atom is 0.358 e. The number of methoxy groups -OCH3 is 1. The molecule has 0 unspecified atom stereocenters. The summed E-state index contributed by atoms with van der Waals surface area (Å²) in [5.41, 5.74) is 2.10. The van der Waals surface area contributed by atoms with E-state index in [1.807, 2.05) is 36.4 Å². The van der Waals surface area contributed by atoms with Crippen LogP contribution in [0.25, 0.3) is 10.6 Å². The molecule has 0 radical (unpaired) electrons. The van der Waals surface area contributed by atoms with Gasteiger partial charge in [0.15, 0.2) is 12.3 Å². The minimum atomic E-state index is -0.633. The van der Waals surface area contributed by atoms with Crippen molar-refractivity contribution in [1.82, 2.24) is 10.3 Å². The van der Waals surface area contributed by atoms with Gasteiger partial charge in [0.25, 0.3) is 5.91 Å². The maximum absolute atomic E-state index is 12.1. The van der Waals surface area contributed by atoms with Crippen LogP contribution in [0.15, 0.2) is 53.9 Å². The molecule has 150 valence electrons. The summed E-state index contributed by atoms with van der Waals surface area (Å²) < 4.78 is 10.2. The van der Waals surface area contributed by atoms with Crippen molar-refractivity contribution in [3.63, 3.8) is 0 Å². The van der Waals surface area contributed by atoms with Gasteiger partial charge in [-0.1, -0.05) is 35.9 Å². The largest absolute Gasteiger partial charge is 0.497 e. The van der Waals surface area contributed by atoms with E-state index in [9.17, 15) is 9.59 Å². The SMILES string of the molecule is COc1ccc(CCNC(=O)COC(=O)c2csc(-c3ccc(Cl)cc3)n2)cc1. The standard InChI is InChI=1S/C21H19ClN2O4S/c1-27-17-8-2-14(3-9-17)10-11-23-19(25)12-28-21(26)18-13-29-20(24-18)15-4-6-16(22)7-5-15/h2-9,13H,10-12H2,1H3,(H,23,25). The highest BCUT2D eigenvalue weighted by molar-refractivity contribution is 7.13. The third-order valence-electron chi connectivity index (χ3n) is 4.03. The van der Waals surface area contributed by atoms with Crippen molar-refractivity contribution in [3.8, 4) is 16.3 Å². The number of thiazole rings is 1. The molecular formula is C21H19ClN2O4S. The molecular weight excluding hydrogens is 412 g/mol. The monoisotopic (exact) mass is 430 g/mol. The van der Waals surface area contributed by atoms with Gasteiger partial charge in [-0.2, -0.15) is 0 Å². The quantitative estimate of drug-likeness (QED) is 0.547. The Morgan fingerprint density at radius 1 is 1.10 bits per heavy atom. The molecule has 1 heterocycles. The number of nitrogens with zero attached hydrogens (tertiary/aromatic N) is 1. The normalized spacial score (nSPS) is 10.4. The fraction of sp³-hybridized carbons (Fsp3) is 0.190. The highest BCUT2D eigenvalue weighted by atomic mass is 35.5. The van der Waals surface area contributed by atoms with E-state index in [0.717, 1.165) is 16.9 Å². The lowest BCUT2D eigenvalue weighted by molar-refractivity contribution is -0.124. The summed E-state index contributed by atoms with van der Waals surface area (Å²) in [7, 11) is 1.61. The molecule has 1 aromatic heterocycles. The Bertz CT molecular complexity index is 971. The van der Waals surface area contributed by atoms with Gasteiger partial charge < -0.3 is 14.8 Å². The van der Waals surface area contributed by atoms with Crippen molar-refractivity contribution < 1.29 is 19.1 Å². The lowest BCUT2D eigenvalue weighted by Crippen LogP contribution is -2.30. The van der Waals surface area contributed by atoms with Crippen LogP contribution in [-0.4, -0.2) is 37.1 Å². The van der Waals surface area contributed by atoms with Gasteiger partial charge in [0.1, 0.15) is 10.8 Å². The van der Waals surface area contributed by atoms with Gasteiger partial charge in [-0.3, -0.25) is 4.79 Å². The first kappa shape index (κ1) is 20.8. The molecule has 8 heteroatoms. The highest BCUT2D eigenvalue weighted by Gasteiger charge is 2.15. The lowest BCUT2D eigenvalue weighted by Gasteiger charge is -2.06. The summed E-state index contributed by atoms with van der Waals surface area (Å²) in [5, 5.41) is 5.64. The smallest absolute Gasteiger partial charge is 0.358 e. The molecule has 0 saturated carbocycles. The van der Waals surface area contributed by atoms with Gasteiger partial charge in [-0.15, -0.1) is 11.3 Å². The van der Waals surface area contributed by atoms with Gasteiger partial charge in [-0.25, -0.2) is 9.78 Å². The predicted molar refractivity (Wildman–Crippen MR) is 113 cm³/mol. The van der Waals surface area contributed by atoms with Gasteiger partial charge in [-0.05, 0) is 36.2 Å². The Kier molecular flexibility index (Phi) is 7.21. The van der Waals surface area contributed by atoms with Crippen molar-refractivity contribution in [3.05, 3.63) is 70.2 Å². The van der Waals surface area contributed by atoms with Crippen LogP contribution in [0.1, 0.15) is 16.1 Å². The zero-order chi connectivity index (χ0) is 20.6. The summed E-state index contributed by atoms with van der Waals surface area (Å²) in [5.74, 6) is -0.210. The van der Waals surface area contributed by atoms with Gasteiger partial charge in [0.2, 0.25) is 0 Å². The number of aromatic nitrogens is 1. The van der Waals surface area contributed by atoms with E-state index in [2.05, 4.69) is 10.3 Å². The molecule has 0 saturated heterocycles. The van der Waals surface area contributed by atoms with Crippen molar-refractivity contribution in [2.24, 2.45) is 0 Å². The molecule has 6 nitrogen and oxygen atoms in total. The molecule has 3 rings (SSSR count). The van der Waals surface area contributed by atoms with Crippen LogP contribution in [0.3, 0.4) is 0 Å². The molecule has 0 aliphatic rings. The van der Waals surface area contributed by atoms with Crippen LogP contribution in [0.2, 0.25) is 5.02 Å². The van der Waals surface area contributed by atoms with Crippen molar-refractivity contribution >= 4 is 34.8 Å². The molecule has 0 fully saturated rings. The van der Waals surface area contributed by atoms with E-state index in [0.29, 0.717) is 23.0 Å². The number of carbonyl (C=O) groups is 2. The van der Waals surface area contributed by atoms with E-state index in [1.165, 1.54) is 11.3 Å². The number of hydrogen-bond donors (Lipinski definition) is 1. The molecule has 29 heavy (non-hydrogen) atoms. The van der Waals surface area contributed by atoms with E-state index < -0.39 is 5.97 Å². The number of carbonyl (C=O) groups excluding carboxylic acids is 2. The van der Waals surface area contributed by atoms with Crippen molar-refractivity contribution in [2.75, 3.05) is 20.3 Å². The Morgan fingerprint density at radius 3 is 2.52 bits per heavy atom. The number of nitrogens with one attached hydrogen (secondary N) is 1. The van der Waals surface area contributed by atoms with Crippen LogP contribution < -0.4 is 10.1 Å². The van der Waals surface area contributed by atoms with E-state index in [4.69, 9.17) is 21.1 Å². The molecule has 1 amide bonds. The summed E-state index contributed by atoms with van der Waals surface area (Å²) in [4.78, 5) is 28.3. The molecule has 0 aliphatic carbocycles. The molecule has 0 bridgehead atoms. The fourth-order valence-corrected chi connectivity index (χ4v) is 3.41. The molecule has 1 N–H and O–H groups in total. The third-order valence-corrected chi connectivity index (χ3v) is 5.18. The second-order valence-corrected chi connectivity index (χ2v) is 7.36. The topological polar surface area (TPSA) is 77.5 Å². The second kappa shape index (κ2) is 10.0. The van der Waals surface area contributed by atoms with Crippen LogP contribution in [0.5, 0.6) is 5.75 Å². The highest BCUT2D eigenvalue weighted by Crippen LogP contribution is 2.25. The first-order chi connectivity index (χ1) is 14.0. The van der Waals surface area contributed by atoms with Crippen molar-refractivity contribution in [2.45, 2.75) is 6.42 Å². The minimum Gasteiger partial charge on any atom is -0.497 e. The first-order valence-corrected chi connectivity index (χ1v) is 10.1.